The second-order valence-corrected chi connectivity index (χ2v) is 6.36. The first-order valence-corrected chi connectivity index (χ1v) is 7.47. The van der Waals surface area contributed by atoms with Crippen molar-refractivity contribution in [2.24, 2.45) is 10.6 Å². The van der Waals surface area contributed by atoms with E-state index < -0.39 is 0 Å². The van der Waals surface area contributed by atoms with Crippen molar-refractivity contribution in [2.75, 3.05) is 0 Å². The lowest BCUT2D eigenvalue weighted by Gasteiger charge is -2.18. The highest BCUT2D eigenvalue weighted by Crippen LogP contribution is 2.29. The number of oxime groups is 1. The van der Waals surface area contributed by atoms with Crippen molar-refractivity contribution in [1.82, 2.24) is 0 Å². The number of allylic oxidation sites excluding steroid dienone is 1. The summed E-state index contributed by atoms with van der Waals surface area (Å²) in [6.45, 7) is 8.22. The van der Waals surface area contributed by atoms with Crippen LogP contribution in [0.3, 0.4) is 0 Å². The van der Waals surface area contributed by atoms with Gasteiger partial charge in [0.1, 0.15) is 0 Å². The minimum absolute atomic E-state index is 0.333. The van der Waals surface area contributed by atoms with Gasteiger partial charge in [0, 0.05) is 5.41 Å². The molecule has 0 radical (unpaired) electrons. The minimum atomic E-state index is -0.333. The van der Waals surface area contributed by atoms with Crippen LogP contribution in [-0.4, -0.2) is 11.4 Å². The maximum absolute atomic E-state index is 8.87. The quantitative estimate of drug-likeness (QED) is 0.468. The zero-order valence-corrected chi connectivity index (χ0v) is 13.7. The number of hydrogen-bond acceptors (Lipinski definition) is 2. The van der Waals surface area contributed by atoms with Crippen LogP contribution in [0.25, 0.3) is 5.57 Å². The summed E-state index contributed by atoms with van der Waals surface area (Å²) < 4.78 is 0. The monoisotopic (exact) mass is 293 g/mol. The van der Waals surface area contributed by atoms with E-state index in [1.807, 2.05) is 13.8 Å². The SMILES string of the molecule is Cc1ccc(C(=CC(C)(C)/C=N/O)c2ccc(C)cc2)cc1. The molecule has 1 N–H and O–H groups in total. The Labute approximate surface area is 132 Å². The topological polar surface area (TPSA) is 32.6 Å². The molecule has 0 aliphatic heterocycles. The summed E-state index contributed by atoms with van der Waals surface area (Å²) in [6, 6.07) is 17.0. The molecule has 0 aromatic heterocycles. The lowest BCUT2D eigenvalue weighted by Crippen LogP contribution is -2.10. The summed E-state index contributed by atoms with van der Waals surface area (Å²) in [5, 5.41) is 12.1. The molecular weight excluding hydrogens is 270 g/mol. The summed E-state index contributed by atoms with van der Waals surface area (Å²) >= 11 is 0. The fraction of sp³-hybridized carbons (Fsp3) is 0.250. The van der Waals surface area contributed by atoms with Crippen LogP contribution in [-0.2, 0) is 0 Å². The molecule has 2 nitrogen and oxygen atoms in total. The van der Waals surface area contributed by atoms with Gasteiger partial charge in [-0.1, -0.05) is 79.6 Å². The number of aryl methyl sites for hydroxylation is 2. The zero-order chi connectivity index (χ0) is 16.2. The molecule has 0 unspecified atom stereocenters. The Morgan fingerprint density at radius 2 is 1.27 bits per heavy atom. The van der Waals surface area contributed by atoms with Crippen molar-refractivity contribution in [3.05, 3.63) is 76.9 Å². The minimum Gasteiger partial charge on any atom is -0.411 e. The van der Waals surface area contributed by atoms with Gasteiger partial charge >= 0.3 is 0 Å². The Morgan fingerprint density at radius 1 is 0.864 bits per heavy atom. The molecule has 0 spiro atoms. The molecule has 0 bridgehead atoms. The molecule has 2 aromatic carbocycles. The van der Waals surface area contributed by atoms with E-state index in [-0.39, 0.29) is 5.41 Å². The van der Waals surface area contributed by atoms with Gasteiger partial charge in [0.2, 0.25) is 0 Å². The van der Waals surface area contributed by atoms with E-state index in [1.165, 1.54) is 11.1 Å². The Bertz CT molecular complexity index is 629. The normalized spacial score (nSPS) is 11.6. The Kier molecular flexibility index (Phi) is 4.81. The van der Waals surface area contributed by atoms with Crippen molar-refractivity contribution < 1.29 is 5.21 Å². The fourth-order valence-electron chi connectivity index (χ4n) is 2.36. The molecule has 2 heteroatoms. The third-order valence-corrected chi connectivity index (χ3v) is 3.63. The maximum Gasteiger partial charge on any atom is 0.0530 e. The van der Waals surface area contributed by atoms with Gasteiger partial charge in [-0.25, -0.2) is 0 Å². The van der Waals surface area contributed by atoms with Crippen molar-refractivity contribution in [1.29, 1.82) is 0 Å². The molecule has 22 heavy (non-hydrogen) atoms. The number of benzene rings is 2. The summed E-state index contributed by atoms with van der Waals surface area (Å²) in [5.41, 5.74) is 5.61. The van der Waals surface area contributed by atoms with E-state index >= 15 is 0 Å². The lowest BCUT2D eigenvalue weighted by atomic mass is 9.87. The molecule has 0 fully saturated rings. The second-order valence-electron chi connectivity index (χ2n) is 6.36. The number of rotatable bonds is 4. The fourth-order valence-corrected chi connectivity index (χ4v) is 2.36. The van der Waals surface area contributed by atoms with E-state index in [0.717, 1.165) is 16.7 Å². The average molecular weight is 293 g/mol. The second kappa shape index (κ2) is 6.61. The highest BCUT2D eigenvalue weighted by Gasteiger charge is 2.15. The van der Waals surface area contributed by atoms with Crippen LogP contribution < -0.4 is 0 Å². The van der Waals surface area contributed by atoms with Crippen LogP contribution in [0.15, 0.2) is 59.8 Å². The molecule has 0 aliphatic carbocycles. The predicted molar refractivity (Wildman–Crippen MR) is 93.5 cm³/mol. The largest absolute Gasteiger partial charge is 0.411 e. The van der Waals surface area contributed by atoms with E-state index in [4.69, 9.17) is 5.21 Å². The first-order chi connectivity index (χ1) is 10.4. The third kappa shape index (κ3) is 4.08. The number of nitrogens with zero attached hydrogens (tertiary/aromatic N) is 1. The van der Waals surface area contributed by atoms with Gasteiger partial charge in [-0.05, 0) is 30.5 Å². The van der Waals surface area contributed by atoms with E-state index in [0.29, 0.717) is 0 Å². The van der Waals surface area contributed by atoms with E-state index in [9.17, 15) is 0 Å². The first-order valence-electron chi connectivity index (χ1n) is 7.47. The Hall–Kier alpha value is -2.35. The maximum atomic E-state index is 8.87. The highest BCUT2D eigenvalue weighted by molar-refractivity contribution is 5.83. The smallest absolute Gasteiger partial charge is 0.0530 e. The lowest BCUT2D eigenvalue weighted by molar-refractivity contribution is 0.317. The van der Waals surface area contributed by atoms with Crippen LogP contribution in [0, 0.1) is 19.3 Å². The predicted octanol–water partition coefficient (Wildman–Crippen LogP) is 5.22. The summed E-state index contributed by atoms with van der Waals surface area (Å²) in [7, 11) is 0. The Balaban J connectivity index is 2.56. The van der Waals surface area contributed by atoms with Crippen LogP contribution in [0.4, 0.5) is 0 Å². The van der Waals surface area contributed by atoms with Gasteiger partial charge < -0.3 is 5.21 Å². The van der Waals surface area contributed by atoms with Gasteiger partial charge in [-0.3, -0.25) is 0 Å². The summed E-state index contributed by atoms with van der Waals surface area (Å²) in [4.78, 5) is 0. The van der Waals surface area contributed by atoms with Crippen molar-refractivity contribution in [3.8, 4) is 0 Å². The highest BCUT2D eigenvalue weighted by atomic mass is 16.4. The van der Waals surface area contributed by atoms with Gasteiger partial charge in [0.25, 0.3) is 0 Å². The van der Waals surface area contributed by atoms with Crippen molar-refractivity contribution >= 4 is 11.8 Å². The summed E-state index contributed by atoms with van der Waals surface area (Å²) in [6.07, 6.45) is 3.69. The number of hydrogen-bond donors (Lipinski definition) is 1. The van der Waals surface area contributed by atoms with E-state index in [1.54, 1.807) is 6.21 Å². The summed E-state index contributed by atoms with van der Waals surface area (Å²) in [5.74, 6) is 0. The van der Waals surface area contributed by atoms with Crippen LogP contribution in [0.1, 0.15) is 36.1 Å². The van der Waals surface area contributed by atoms with Crippen LogP contribution in [0.5, 0.6) is 0 Å². The molecule has 0 aliphatic rings. The standard InChI is InChI=1S/C20H23NO/c1-15-5-9-17(10-6-15)19(13-20(3,4)14-21-22)18-11-7-16(2)8-12-18/h5-14,22H,1-4H3/b21-14+. The zero-order valence-electron chi connectivity index (χ0n) is 13.7. The molecule has 2 rings (SSSR count). The van der Waals surface area contributed by atoms with E-state index in [2.05, 4.69) is 73.6 Å². The van der Waals surface area contributed by atoms with Crippen LogP contribution >= 0.6 is 0 Å². The molecule has 2 aromatic rings. The van der Waals surface area contributed by atoms with Gasteiger partial charge in [-0.15, -0.1) is 5.16 Å². The van der Waals surface area contributed by atoms with Gasteiger partial charge in [0.05, 0.1) is 6.21 Å². The van der Waals surface area contributed by atoms with Gasteiger partial charge in [0.15, 0.2) is 0 Å². The Morgan fingerprint density at radius 3 is 1.64 bits per heavy atom. The van der Waals surface area contributed by atoms with Gasteiger partial charge in [-0.2, -0.15) is 0 Å². The average Bonchev–Trinajstić information content (AvgIpc) is 2.47. The molecule has 0 amide bonds. The van der Waals surface area contributed by atoms with Crippen molar-refractivity contribution in [2.45, 2.75) is 27.7 Å². The first kappa shape index (κ1) is 16.0. The molecule has 0 saturated carbocycles. The molecule has 0 heterocycles. The molecule has 0 atom stereocenters. The molecular formula is C20H23NO. The van der Waals surface area contributed by atoms with Crippen molar-refractivity contribution in [3.63, 3.8) is 0 Å². The third-order valence-electron chi connectivity index (χ3n) is 3.63. The molecule has 0 saturated heterocycles. The molecule has 114 valence electrons. The van der Waals surface area contributed by atoms with Crippen LogP contribution in [0.2, 0.25) is 0 Å².